The number of rotatable bonds is 39. The highest BCUT2D eigenvalue weighted by Crippen LogP contribution is 2.32. The Balaban J connectivity index is 0.800. The van der Waals surface area contributed by atoms with Crippen LogP contribution in [0.15, 0.2) is 48.5 Å². The standard InChI is InChI=1S/C43H63N3O16/c47-39-10-9-38(41(48)45-39)46-42(49)36-7-4-8-37(40(36)43(46)50)44-11-12-51-13-14-52-15-16-53-17-18-54-19-20-55-21-22-56-23-24-57-25-26-58-27-28-59-29-30-60-31-32-61-33-34-62-35-5-2-1-3-6-35/h1-8,38,44H,9-34H2,(H,45,47,48). The first-order valence-corrected chi connectivity index (χ1v) is 21.2. The van der Waals surface area contributed by atoms with Gasteiger partial charge in [0.05, 0.1) is 156 Å². The topological polar surface area (TPSA) is 206 Å². The van der Waals surface area contributed by atoms with Gasteiger partial charge >= 0.3 is 0 Å². The number of fused-ring (bicyclic) bond motifs is 1. The molecule has 0 aromatic heterocycles. The molecule has 1 unspecified atom stereocenters. The zero-order valence-electron chi connectivity index (χ0n) is 35.6. The summed E-state index contributed by atoms with van der Waals surface area (Å²) in [5.74, 6) is -1.34. The molecule has 2 aromatic carbocycles. The molecule has 346 valence electrons. The normalized spacial score (nSPS) is 15.0. The molecule has 19 heteroatoms. The third-order valence-corrected chi connectivity index (χ3v) is 8.99. The van der Waals surface area contributed by atoms with Crippen molar-refractivity contribution in [2.75, 3.05) is 164 Å². The number of hydrogen-bond donors (Lipinski definition) is 2. The Morgan fingerprint density at radius 1 is 0.484 bits per heavy atom. The highest BCUT2D eigenvalue weighted by molar-refractivity contribution is 6.25. The molecule has 1 saturated heterocycles. The van der Waals surface area contributed by atoms with E-state index in [4.69, 9.17) is 56.8 Å². The van der Waals surface area contributed by atoms with Gasteiger partial charge in [0.2, 0.25) is 11.8 Å². The number of piperidine rings is 1. The number of nitrogens with zero attached hydrogens (tertiary/aromatic N) is 1. The lowest BCUT2D eigenvalue weighted by Crippen LogP contribution is -2.54. The number of carbonyl (C=O) groups is 4. The van der Waals surface area contributed by atoms with Crippen LogP contribution in [0.5, 0.6) is 5.75 Å². The van der Waals surface area contributed by atoms with Gasteiger partial charge in [0, 0.05) is 18.7 Å². The van der Waals surface area contributed by atoms with Gasteiger partial charge in [0.1, 0.15) is 18.4 Å². The van der Waals surface area contributed by atoms with E-state index in [1.807, 2.05) is 30.3 Å². The summed E-state index contributed by atoms with van der Waals surface area (Å²) in [5, 5.41) is 5.33. The molecule has 2 aliphatic rings. The molecule has 2 aliphatic heterocycles. The van der Waals surface area contributed by atoms with Gasteiger partial charge in [-0.1, -0.05) is 24.3 Å². The van der Waals surface area contributed by atoms with Crippen molar-refractivity contribution in [1.29, 1.82) is 0 Å². The van der Waals surface area contributed by atoms with Crippen molar-refractivity contribution in [3.8, 4) is 5.75 Å². The lowest BCUT2D eigenvalue weighted by molar-refractivity contribution is -0.136. The molecule has 2 aromatic rings. The minimum Gasteiger partial charge on any atom is -0.491 e. The molecule has 2 heterocycles. The third kappa shape index (κ3) is 20.4. The van der Waals surface area contributed by atoms with Crippen LogP contribution in [-0.4, -0.2) is 193 Å². The van der Waals surface area contributed by atoms with E-state index in [2.05, 4.69) is 10.6 Å². The van der Waals surface area contributed by atoms with Crippen LogP contribution < -0.4 is 15.4 Å². The first-order chi connectivity index (χ1) is 30.6. The SMILES string of the molecule is O=C1CCC(N2C(=O)c3cccc(NCCOCCOCCOCCOCCOCCOCCOCCOCCOCCOCCOCCOc4ccccc4)c3C2=O)C(=O)N1. The number of imide groups is 2. The predicted octanol–water partition coefficient (Wildman–Crippen LogP) is 1.76. The molecule has 0 bridgehead atoms. The maximum atomic E-state index is 13.2. The Bertz CT molecular complexity index is 1550. The van der Waals surface area contributed by atoms with Crippen molar-refractivity contribution in [3.05, 3.63) is 59.7 Å². The molecule has 62 heavy (non-hydrogen) atoms. The second-order valence-corrected chi connectivity index (χ2v) is 13.5. The van der Waals surface area contributed by atoms with Crippen LogP contribution in [0.3, 0.4) is 0 Å². The minimum absolute atomic E-state index is 0.0638. The van der Waals surface area contributed by atoms with E-state index in [1.165, 1.54) is 0 Å². The van der Waals surface area contributed by atoms with Crippen molar-refractivity contribution in [3.63, 3.8) is 0 Å². The van der Waals surface area contributed by atoms with Crippen molar-refractivity contribution < 1.29 is 76.0 Å². The summed E-state index contributed by atoms with van der Waals surface area (Å²) in [7, 11) is 0. The second-order valence-electron chi connectivity index (χ2n) is 13.5. The second kappa shape index (κ2) is 32.5. The highest BCUT2D eigenvalue weighted by atomic mass is 16.6. The average molecular weight is 878 g/mol. The van der Waals surface area contributed by atoms with Gasteiger partial charge < -0.3 is 62.2 Å². The van der Waals surface area contributed by atoms with Crippen LogP contribution in [0.25, 0.3) is 0 Å². The van der Waals surface area contributed by atoms with E-state index in [0.29, 0.717) is 164 Å². The van der Waals surface area contributed by atoms with Gasteiger partial charge in [0.15, 0.2) is 0 Å². The largest absolute Gasteiger partial charge is 0.491 e. The third-order valence-electron chi connectivity index (χ3n) is 8.99. The Morgan fingerprint density at radius 3 is 1.34 bits per heavy atom. The Hall–Kier alpha value is -4.12. The van der Waals surface area contributed by atoms with Gasteiger partial charge in [0.25, 0.3) is 11.8 Å². The van der Waals surface area contributed by atoms with Crippen LogP contribution in [0.4, 0.5) is 5.69 Å². The first kappa shape index (κ1) is 50.5. The van der Waals surface area contributed by atoms with Crippen LogP contribution in [-0.2, 0) is 61.7 Å². The zero-order chi connectivity index (χ0) is 43.7. The summed E-state index contributed by atoms with van der Waals surface area (Å²) < 4.78 is 66.2. The van der Waals surface area contributed by atoms with E-state index in [0.717, 1.165) is 10.6 Å². The van der Waals surface area contributed by atoms with Gasteiger partial charge in [-0.05, 0) is 30.7 Å². The number of nitrogens with one attached hydrogen (secondary N) is 2. The summed E-state index contributed by atoms with van der Waals surface area (Å²) in [4.78, 5) is 50.9. The summed E-state index contributed by atoms with van der Waals surface area (Å²) in [5.41, 5.74) is 0.902. The van der Waals surface area contributed by atoms with E-state index < -0.39 is 29.7 Å². The fraction of sp³-hybridized carbons (Fsp3) is 0.628. The summed E-state index contributed by atoms with van der Waals surface area (Å²) >= 11 is 0. The first-order valence-electron chi connectivity index (χ1n) is 21.2. The van der Waals surface area contributed by atoms with Crippen LogP contribution in [0.1, 0.15) is 33.6 Å². The maximum Gasteiger partial charge on any atom is 0.264 e. The van der Waals surface area contributed by atoms with E-state index in [9.17, 15) is 19.2 Å². The zero-order valence-corrected chi connectivity index (χ0v) is 35.6. The quantitative estimate of drug-likeness (QED) is 0.0725. The molecule has 0 saturated carbocycles. The molecule has 19 nitrogen and oxygen atoms in total. The monoisotopic (exact) mass is 877 g/mol. The average Bonchev–Trinajstić information content (AvgIpc) is 3.53. The predicted molar refractivity (Wildman–Crippen MR) is 223 cm³/mol. The van der Waals surface area contributed by atoms with Crippen molar-refractivity contribution in [2.45, 2.75) is 18.9 Å². The van der Waals surface area contributed by atoms with E-state index >= 15 is 0 Å². The summed E-state index contributed by atoms with van der Waals surface area (Å²) in [6.07, 6.45) is 0.165. The molecule has 4 amide bonds. The number of hydrogen-bond acceptors (Lipinski definition) is 17. The summed E-state index contributed by atoms with van der Waals surface area (Å²) in [6, 6.07) is 13.5. The van der Waals surface area contributed by atoms with Crippen LogP contribution in [0.2, 0.25) is 0 Å². The fourth-order valence-electron chi connectivity index (χ4n) is 5.96. The minimum atomic E-state index is -1.01. The number of para-hydroxylation sites is 1. The smallest absolute Gasteiger partial charge is 0.264 e. The summed E-state index contributed by atoms with van der Waals surface area (Å²) in [6.45, 7) is 11.0. The van der Waals surface area contributed by atoms with E-state index in [1.54, 1.807) is 18.2 Å². The number of anilines is 1. The molecule has 0 radical (unpaired) electrons. The molecular weight excluding hydrogens is 814 g/mol. The lowest BCUT2D eigenvalue weighted by atomic mass is 10.0. The Morgan fingerprint density at radius 2 is 0.903 bits per heavy atom. The molecule has 0 aliphatic carbocycles. The van der Waals surface area contributed by atoms with Crippen LogP contribution >= 0.6 is 0 Å². The van der Waals surface area contributed by atoms with Crippen LogP contribution in [0, 0.1) is 0 Å². The number of ether oxygens (including phenoxy) is 12. The fourth-order valence-corrected chi connectivity index (χ4v) is 5.96. The molecule has 4 rings (SSSR count). The number of benzene rings is 2. The van der Waals surface area contributed by atoms with Gasteiger partial charge in [-0.15, -0.1) is 0 Å². The Labute approximate surface area is 363 Å². The van der Waals surface area contributed by atoms with E-state index in [-0.39, 0.29) is 24.0 Å². The molecular formula is C43H63N3O16. The van der Waals surface area contributed by atoms with Gasteiger partial charge in [-0.2, -0.15) is 0 Å². The number of carbonyl (C=O) groups excluding carboxylic acids is 4. The Kier molecular flexibility index (Phi) is 26.5. The van der Waals surface area contributed by atoms with Crippen molar-refractivity contribution >= 4 is 29.3 Å². The van der Waals surface area contributed by atoms with Crippen molar-refractivity contribution in [2.24, 2.45) is 0 Å². The molecule has 1 atom stereocenters. The van der Waals surface area contributed by atoms with Crippen molar-refractivity contribution in [1.82, 2.24) is 10.2 Å². The molecule has 0 spiro atoms. The number of amides is 4. The molecule has 1 fully saturated rings. The van der Waals surface area contributed by atoms with Gasteiger partial charge in [-0.3, -0.25) is 29.4 Å². The highest BCUT2D eigenvalue weighted by Gasteiger charge is 2.45. The lowest BCUT2D eigenvalue weighted by Gasteiger charge is -2.27. The van der Waals surface area contributed by atoms with Gasteiger partial charge in [-0.25, -0.2) is 0 Å². The maximum absolute atomic E-state index is 13.2. The molecule has 2 N–H and O–H groups in total.